The number of carbonyl (C=O) groups is 1. The first kappa shape index (κ1) is 14.1. The number of nitrogens with zero attached hydrogens (tertiary/aromatic N) is 3. The standard InChI is InChI=1S/C15H23N5O/c1-19-6-8-20(9-7-19)14-10-12(4-5-16-14)11-17-15(21)18-13-2-3-13/h4-5,10,13H,2-3,6-9,11H2,1H3,(H2,17,18,21). The van der Waals surface area contributed by atoms with Crippen LogP contribution in [0.1, 0.15) is 18.4 Å². The summed E-state index contributed by atoms with van der Waals surface area (Å²) in [5, 5.41) is 5.83. The van der Waals surface area contributed by atoms with E-state index in [-0.39, 0.29) is 6.03 Å². The lowest BCUT2D eigenvalue weighted by Gasteiger charge is -2.33. The van der Waals surface area contributed by atoms with Crippen molar-refractivity contribution in [1.29, 1.82) is 0 Å². The van der Waals surface area contributed by atoms with Gasteiger partial charge in [0.1, 0.15) is 5.82 Å². The average molecular weight is 289 g/mol. The van der Waals surface area contributed by atoms with Gasteiger partial charge in [-0.25, -0.2) is 9.78 Å². The fourth-order valence-electron chi connectivity index (χ4n) is 2.43. The number of urea groups is 1. The summed E-state index contributed by atoms with van der Waals surface area (Å²) in [6.45, 7) is 4.68. The third kappa shape index (κ3) is 4.07. The van der Waals surface area contributed by atoms with Crippen LogP contribution in [0.2, 0.25) is 0 Å². The molecule has 0 bridgehead atoms. The quantitative estimate of drug-likeness (QED) is 0.860. The Balaban J connectivity index is 1.53. The molecule has 6 nitrogen and oxygen atoms in total. The van der Waals surface area contributed by atoms with Gasteiger partial charge >= 0.3 is 6.03 Å². The topological polar surface area (TPSA) is 60.5 Å². The zero-order chi connectivity index (χ0) is 14.7. The van der Waals surface area contributed by atoms with Crippen molar-refractivity contribution in [2.75, 3.05) is 38.1 Å². The molecule has 1 aromatic heterocycles. The third-order valence-corrected chi connectivity index (χ3v) is 4.00. The van der Waals surface area contributed by atoms with Crippen LogP contribution in [0.3, 0.4) is 0 Å². The lowest BCUT2D eigenvalue weighted by Crippen LogP contribution is -2.44. The Kier molecular flexibility index (Phi) is 4.24. The highest BCUT2D eigenvalue weighted by molar-refractivity contribution is 5.74. The summed E-state index contributed by atoms with van der Waals surface area (Å²) in [5.74, 6) is 1.00. The maximum Gasteiger partial charge on any atom is 0.315 e. The van der Waals surface area contributed by atoms with Crippen LogP contribution in [-0.4, -0.2) is 55.2 Å². The minimum absolute atomic E-state index is 0.0736. The number of hydrogen-bond acceptors (Lipinski definition) is 4. The molecule has 2 fully saturated rings. The van der Waals surface area contributed by atoms with Crippen LogP contribution >= 0.6 is 0 Å². The molecule has 2 aliphatic rings. The van der Waals surface area contributed by atoms with Gasteiger partial charge in [-0.15, -0.1) is 0 Å². The predicted molar refractivity (Wildman–Crippen MR) is 82.3 cm³/mol. The van der Waals surface area contributed by atoms with Crippen molar-refractivity contribution in [3.63, 3.8) is 0 Å². The molecule has 2 heterocycles. The van der Waals surface area contributed by atoms with Crippen molar-refractivity contribution in [3.05, 3.63) is 23.9 Å². The number of piperazine rings is 1. The minimum Gasteiger partial charge on any atom is -0.354 e. The number of anilines is 1. The number of likely N-dealkylation sites (N-methyl/N-ethyl adjacent to an activating group) is 1. The van der Waals surface area contributed by atoms with Gasteiger partial charge in [-0.1, -0.05) is 0 Å². The van der Waals surface area contributed by atoms with Gasteiger partial charge < -0.3 is 20.4 Å². The van der Waals surface area contributed by atoms with E-state index in [1.807, 2.05) is 12.3 Å². The van der Waals surface area contributed by atoms with Gasteiger partial charge in [0, 0.05) is 45.0 Å². The van der Waals surface area contributed by atoms with Crippen molar-refractivity contribution < 1.29 is 4.79 Å². The predicted octanol–water partition coefficient (Wildman–Crippen LogP) is 0.795. The van der Waals surface area contributed by atoms with E-state index >= 15 is 0 Å². The monoisotopic (exact) mass is 289 g/mol. The van der Waals surface area contributed by atoms with Gasteiger partial charge in [-0.3, -0.25) is 0 Å². The molecule has 0 aromatic carbocycles. The molecule has 1 saturated heterocycles. The maximum absolute atomic E-state index is 11.6. The molecular weight excluding hydrogens is 266 g/mol. The van der Waals surface area contributed by atoms with Crippen LogP contribution < -0.4 is 15.5 Å². The van der Waals surface area contributed by atoms with Gasteiger partial charge in [-0.2, -0.15) is 0 Å². The Hall–Kier alpha value is -1.82. The lowest BCUT2D eigenvalue weighted by molar-refractivity contribution is 0.240. The van der Waals surface area contributed by atoms with Crippen LogP contribution in [0, 0.1) is 0 Å². The fourth-order valence-corrected chi connectivity index (χ4v) is 2.43. The Labute approximate surface area is 125 Å². The summed E-state index contributed by atoms with van der Waals surface area (Å²) < 4.78 is 0. The zero-order valence-corrected chi connectivity index (χ0v) is 12.5. The van der Waals surface area contributed by atoms with Crippen molar-refractivity contribution in [2.45, 2.75) is 25.4 Å². The number of carbonyl (C=O) groups excluding carboxylic acids is 1. The van der Waals surface area contributed by atoms with Gasteiger partial charge in [0.25, 0.3) is 0 Å². The second kappa shape index (κ2) is 6.30. The molecule has 2 amide bonds. The molecule has 1 aromatic rings. The Bertz CT molecular complexity index is 495. The SMILES string of the molecule is CN1CCN(c2cc(CNC(=O)NC3CC3)ccn2)CC1. The van der Waals surface area contributed by atoms with Gasteiger partial charge in [0.05, 0.1) is 0 Å². The molecule has 1 saturated carbocycles. The number of rotatable bonds is 4. The van der Waals surface area contributed by atoms with E-state index in [0.717, 1.165) is 50.4 Å². The van der Waals surface area contributed by atoms with Crippen molar-refractivity contribution in [3.8, 4) is 0 Å². The lowest BCUT2D eigenvalue weighted by atomic mass is 10.2. The average Bonchev–Trinajstić information content (AvgIpc) is 3.30. The Morgan fingerprint density at radius 1 is 1.33 bits per heavy atom. The molecule has 0 spiro atoms. The second-order valence-electron chi connectivity index (χ2n) is 5.91. The molecule has 1 aliphatic carbocycles. The first-order valence-corrected chi connectivity index (χ1v) is 7.63. The second-order valence-corrected chi connectivity index (χ2v) is 5.91. The van der Waals surface area contributed by atoms with Crippen LogP contribution in [0.15, 0.2) is 18.3 Å². The molecular formula is C15H23N5O. The van der Waals surface area contributed by atoms with E-state index in [0.29, 0.717) is 12.6 Å². The molecule has 2 N–H and O–H groups in total. The molecule has 114 valence electrons. The third-order valence-electron chi connectivity index (χ3n) is 4.00. The molecule has 6 heteroatoms. The van der Waals surface area contributed by atoms with E-state index in [1.54, 1.807) is 0 Å². The summed E-state index contributed by atoms with van der Waals surface area (Å²) in [4.78, 5) is 20.7. The van der Waals surface area contributed by atoms with E-state index in [9.17, 15) is 4.79 Å². The number of nitrogens with one attached hydrogen (secondary N) is 2. The normalized spacial score (nSPS) is 19.4. The summed E-state index contributed by atoms with van der Waals surface area (Å²) in [7, 11) is 2.14. The highest BCUT2D eigenvalue weighted by Crippen LogP contribution is 2.18. The molecule has 0 atom stereocenters. The fraction of sp³-hybridized carbons (Fsp3) is 0.600. The minimum atomic E-state index is -0.0736. The zero-order valence-electron chi connectivity index (χ0n) is 12.5. The summed E-state index contributed by atoms with van der Waals surface area (Å²) in [6, 6.07) is 4.35. The highest BCUT2D eigenvalue weighted by atomic mass is 16.2. The van der Waals surface area contributed by atoms with Gasteiger partial charge in [-0.05, 0) is 37.6 Å². The molecule has 0 unspecified atom stereocenters. The van der Waals surface area contributed by atoms with Crippen LogP contribution in [0.5, 0.6) is 0 Å². The van der Waals surface area contributed by atoms with Crippen LogP contribution in [-0.2, 0) is 6.54 Å². The van der Waals surface area contributed by atoms with Gasteiger partial charge in [0.2, 0.25) is 0 Å². The molecule has 3 rings (SSSR count). The Morgan fingerprint density at radius 2 is 2.10 bits per heavy atom. The Morgan fingerprint density at radius 3 is 2.81 bits per heavy atom. The van der Waals surface area contributed by atoms with Gasteiger partial charge in [0.15, 0.2) is 0 Å². The van der Waals surface area contributed by atoms with Crippen molar-refractivity contribution in [1.82, 2.24) is 20.5 Å². The largest absolute Gasteiger partial charge is 0.354 e. The van der Waals surface area contributed by atoms with E-state index in [1.165, 1.54) is 0 Å². The van der Waals surface area contributed by atoms with E-state index in [4.69, 9.17) is 0 Å². The number of pyridine rings is 1. The number of amides is 2. The summed E-state index contributed by atoms with van der Waals surface area (Å²) in [6.07, 6.45) is 4.04. The van der Waals surface area contributed by atoms with Crippen LogP contribution in [0.25, 0.3) is 0 Å². The van der Waals surface area contributed by atoms with Crippen molar-refractivity contribution in [2.24, 2.45) is 0 Å². The molecule has 1 aliphatic heterocycles. The van der Waals surface area contributed by atoms with E-state index < -0.39 is 0 Å². The smallest absolute Gasteiger partial charge is 0.315 e. The van der Waals surface area contributed by atoms with Crippen molar-refractivity contribution >= 4 is 11.8 Å². The highest BCUT2D eigenvalue weighted by Gasteiger charge is 2.23. The first-order valence-electron chi connectivity index (χ1n) is 7.63. The number of aromatic nitrogens is 1. The van der Waals surface area contributed by atoms with E-state index in [2.05, 4.69) is 38.5 Å². The molecule has 0 radical (unpaired) electrons. The summed E-state index contributed by atoms with van der Waals surface area (Å²) >= 11 is 0. The summed E-state index contributed by atoms with van der Waals surface area (Å²) in [5.41, 5.74) is 1.09. The first-order chi connectivity index (χ1) is 10.2. The molecule has 21 heavy (non-hydrogen) atoms. The van der Waals surface area contributed by atoms with Crippen LogP contribution in [0.4, 0.5) is 10.6 Å². The number of hydrogen-bond donors (Lipinski definition) is 2. The maximum atomic E-state index is 11.6.